The normalized spacial score (nSPS) is 13.4. The first-order chi connectivity index (χ1) is 14.7. The number of nitrogens with one attached hydrogen (secondary N) is 2. The van der Waals surface area contributed by atoms with E-state index in [0.29, 0.717) is 30.5 Å². The Balaban J connectivity index is 0.00000363. The highest BCUT2D eigenvalue weighted by atomic mass is 127. The molecule has 1 atom stereocenters. The van der Waals surface area contributed by atoms with Crippen molar-refractivity contribution in [2.75, 3.05) is 13.1 Å². The lowest BCUT2D eigenvalue weighted by Crippen LogP contribution is -2.44. The van der Waals surface area contributed by atoms with Crippen molar-refractivity contribution in [1.82, 2.24) is 20.2 Å². The Kier molecular flexibility index (Phi) is 8.85. The molecule has 9 heteroatoms. The maximum Gasteiger partial charge on any atom is 0.191 e. The molecule has 7 nitrogen and oxygen atoms in total. The Morgan fingerprint density at radius 3 is 2.56 bits per heavy atom. The van der Waals surface area contributed by atoms with Gasteiger partial charge in [0.05, 0.1) is 18.8 Å². The van der Waals surface area contributed by atoms with Gasteiger partial charge in [-0.3, -0.25) is 0 Å². The van der Waals surface area contributed by atoms with Gasteiger partial charge in [-0.25, -0.2) is 14.4 Å². The van der Waals surface area contributed by atoms with Gasteiger partial charge in [0.1, 0.15) is 28.8 Å². The number of halogens is 2. The molecule has 1 unspecified atom stereocenters. The van der Waals surface area contributed by atoms with Crippen LogP contribution >= 0.6 is 24.0 Å². The zero-order valence-electron chi connectivity index (χ0n) is 19.1. The Hall–Kier alpha value is -2.40. The molecule has 3 rings (SSSR count). The highest BCUT2D eigenvalue weighted by molar-refractivity contribution is 14.0. The Morgan fingerprint density at radius 1 is 1.25 bits per heavy atom. The first-order valence-corrected chi connectivity index (χ1v) is 10.3. The van der Waals surface area contributed by atoms with Gasteiger partial charge in [0.25, 0.3) is 0 Å². The fourth-order valence-electron chi connectivity index (χ4n) is 3.51. The third kappa shape index (κ3) is 6.10. The number of furan rings is 1. The first kappa shape index (κ1) is 25.9. The van der Waals surface area contributed by atoms with E-state index < -0.39 is 5.60 Å². The third-order valence-corrected chi connectivity index (χ3v) is 5.08. The number of benzene rings is 1. The molecule has 0 saturated heterocycles. The molecule has 0 aliphatic rings. The Bertz CT molecular complexity index is 1070. The van der Waals surface area contributed by atoms with Crippen LogP contribution in [0.4, 0.5) is 4.39 Å². The number of aliphatic imine (C=N–C) groups is 1. The summed E-state index contributed by atoms with van der Waals surface area (Å²) in [7, 11) is 0. The minimum atomic E-state index is -1.13. The van der Waals surface area contributed by atoms with Crippen molar-refractivity contribution in [2.45, 2.75) is 46.8 Å². The van der Waals surface area contributed by atoms with Crippen molar-refractivity contribution in [3.8, 4) is 5.69 Å². The summed E-state index contributed by atoms with van der Waals surface area (Å²) in [4.78, 5) is 8.67. The summed E-state index contributed by atoms with van der Waals surface area (Å²) in [6.45, 7) is 10.4. The van der Waals surface area contributed by atoms with Crippen LogP contribution in [-0.2, 0) is 12.1 Å². The van der Waals surface area contributed by atoms with E-state index in [1.807, 2.05) is 39.8 Å². The minimum Gasteiger partial charge on any atom is -0.466 e. The summed E-state index contributed by atoms with van der Waals surface area (Å²) in [5.41, 5.74) is 0.800. The quantitative estimate of drug-likeness (QED) is 0.232. The van der Waals surface area contributed by atoms with Crippen LogP contribution in [0.3, 0.4) is 0 Å². The molecule has 3 aromatic rings. The molecule has 3 N–H and O–H groups in total. The summed E-state index contributed by atoms with van der Waals surface area (Å²) in [5.74, 6) is 2.37. The predicted molar refractivity (Wildman–Crippen MR) is 134 cm³/mol. The number of hydrogen-bond donors (Lipinski definition) is 3. The number of aryl methyl sites for hydroxylation is 3. The van der Waals surface area contributed by atoms with Crippen molar-refractivity contribution in [3.05, 3.63) is 70.9 Å². The molecule has 0 aliphatic carbocycles. The van der Waals surface area contributed by atoms with E-state index in [1.54, 1.807) is 30.0 Å². The molecule has 32 heavy (non-hydrogen) atoms. The number of aliphatic hydroxyl groups is 1. The van der Waals surface area contributed by atoms with Crippen molar-refractivity contribution in [3.63, 3.8) is 0 Å². The molecule has 0 fully saturated rings. The summed E-state index contributed by atoms with van der Waals surface area (Å²) in [6, 6.07) is 6.89. The SMILES string of the molecule is CCNC(=NCc1ccc(-n2ccnc2C)c(F)c1)NCC(C)(O)c1cc(C)oc1C.I. The summed E-state index contributed by atoms with van der Waals surface area (Å²) in [6.07, 6.45) is 3.37. The third-order valence-electron chi connectivity index (χ3n) is 5.08. The first-order valence-electron chi connectivity index (χ1n) is 10.3. The lowest BCUT2D eigenvalue weighted by molar-refractivity contribution is 0.0601. The Morgan fingerprint density at radius 2 is 2.00 bits per heavy atom. The van der Waals surface area contributed by atoms with Crippen LogP contribution in [0.25, 0.3) is 5.69 Å². The van der Waals surface area contributed by atoms with E-state index in [2.05, 4.69) is 20.6 Å². The topological polar surface area (TPSA) is 87.6 Å². The van der Waals surface area contributed by atoms with Gasteiger partial charge in [0, 0.05) is 24.5 Å². The molecule has 1 aromatic carbocycles. The van der Waals surface area contributed by atoms with Gasteiger partial charge in [-0.2, -0.15) is 0 Å². The molecule has 2 heterocycles. The highest BCUT2D eigenvalue weighted by Crippen LogP contribution is 2.26. The summed E-state index contributed by atoms with van der Waals surface area (Å²) in [5, 5.41) is 17.2. The van der Waals surface area contributed by atoms with Gasteiger partial charge in [-0.05, 0) is 58.4 Å². The van der Waals surface area contributed by atoms with E-state index in [9.17, 15) is 9.50 Å². The zero-order chi connectivity index (χ0) is 22.6. The second-order valence-electron chi connectivity index (χ2n) is 7.78. The fraction of sp³-hybridized carbons (Fsp3) is 0.391. The van der Waals surface area contributed by atoms with Gasteiger partial charge < -0.3 is 24.7 Å². The van der Waals surface area contributed by atoms with Crippen molar-refractivity contribution in [2.24, 2.45) is 4.99 Å². The number of nitrogens with zero attached hydrogens (tertiary/aromatic N) is 3. The number of guanidine groups is 1. The van der Waals surface area contributed by atoms with Crippen LogP contribution in [0.15, 0.2) is 46.1 Å². The molecular weight excluding hydrogens is 524 g/mol. The van der Waals surface area contributed by atoms with Gasteiger partial charge in [0.2, 0.25) is 0 Å². The van der Waals surface area contributed by atoms with Gasteiger partial charge in [-0.15, -0.1) is 24.0 Å². The van der Waals surface area contributed by atoms with Crippen LogP contribution in [0.1, 0.15) is 42.3 Å². The van der Waals surface area contributed by atoms with E-state index in [-0.39, 0.29) is 36.3 Å². The lowest BCUT2D eigenvalue weighted by Gasteiger charge is -2.24. The molecule has 0 saturated carbocycles. The summed E-state index contributed by atoms with van der Waals surface area (Å²) < 4.78 is 21.9. The predicted octanol–water partition coefficient (Wildman–Crippen LogP) is 4.11. The maximum atomic E-state index is 14.6. The van der Waals surface area contributed by atoms with E-state index in [4.69, 9.17) is 4.42 Å². The van der Waals surface area contributed by atoms with Crippen LogP contribution in [0.2, 0.25) is 0 Å². The van der Waals surface area contributed by atoms with Gasteiger partial charge in [0.15, 0.2) is 5.96 Å². The average molecular weight is 555 g/mol. The lowest BCUT2D eigenvalue weighted by atomic mass is 9.96. The Labute approximate surface area is 205 Å². The molecule has 0 amide bonds. The number of aromatic nitrogens is 2. The van der Waals surface area contributed by atoms with Crippen LogP contribution in [0, 0.1) is 26.6 Å². The van der Waals surface area contributed by atoms with Crippen LogP contribution in [-0.4, -0.2) is 33.7 Å². The second-order valence-corrected chi connectivity index (χ2v) is 7.78. The molecule has 174 valence electrons. The van der Waals surface area contributed by atoms with Crippen molar-refractivity contribution >= 4 is 29.9 Å². The van der Waals surface area contributed by atoms with Crippen LogP contribution < -0.4 is 10.6 Å². The van der Waals surface area contributed by atoms with Crippen molar-refractivity contribution < 1.29 is 13.9 Å². The monoisotopic (exact) mass is 555 g/mol. The molecule has 0 radical (unpaired) electrons. The fourth-order valence-corrected chi connectivity index (χ4v) is 3.51. The second kappa shape index (κ2) is 11.0. The standard InChI is InChI=1S/C23H30FN5O2.HI/c1-6-25-22(28-14-23(5,30)19-11-15(2)31-16(19)3)27-13-18-7-8-21(20(24)12-18)29-10-9-26-17(29)4;/h7-12,30H,6,13-14H2,1-5H3,(H2,25,27,28);1H. The van der Waals surface area contributed by atoms with E-state index in [1.165, 1.54) is 6.07 Å². The molecule has 2 aromatic heterocycles. The molecular formula is C23H31FIN5O2. The zero-order valence-corrected chi connectivity index (χ0v) is 21.4. The van der Waals surface area contributed by atoms with Gasteiger partial charge in [-0.1, -0.05) is 6.07 Å². The smallest absolute Gasteiger partial charge is 0.191 e. The number of imidazole rings is 1. The molecule has 0 spiro atoms. The number of rotatable bonds is 7. The maximum absolute atomic E-state index is 14.6. The van der Waals surface area contributed by atoms with E-state index >= 15 is 0 Å². The largest absolute Gasteiger partial charge is 0.466 e. The summed E-state index contributed by atoms with van der Waals surface area (Å²) >= 11 is 0. The van der Waals surface area contributed by atoms with Gasteiger partial charge >= 0.3 is 0 Å². The number of hydrogen-bond acceptors (Lipinski definition) is 4. The highest BCUT2D eigenvalue weighted by Gasteiger charge is 2.27. The van der Waals surface area contributed by atoms with E-state index in [0.717, 1.165) is 22.7 Å². The van der Waals surface area contributed by atoms with Crippen molar-refractivity contribution in [1.29, 1.82) is 0 Å². The molecule has 0 bridgehead atoms. The van der Waals surface area contributed by atoms with Crippen LogP contribution in [0.5, 0.6) is 0 Å². The minimum absolute atomic E-state index is 0. The average Bonchev–Trinajstić information content (AvgIpc) is 3.29. The molecule has 0 aliphatic heterocycles.